The summed E-state index contributed by atoms with van der Waals surface area (Å²) in [5.74, 6) is -1.64. The van der Waals surface area contributed by atoms with Gasteiger partial charge in [0.25, 0.3) is 0 Å². The molecule has 2 aromatic carbocycles. The summed E-state index contributed by atoms with van der Waals surface area (Å²) in [6, 6.07) is 15.9. The number of benzene rings is 2. The quantitative estimate of drug-likeness (QED) is 0.431. The maximum Gasteiger partial charge on any atom is 0.225 e. The first-order valence-corrected chi connectivity index (χ1v) is 11.7. The van der Waals surface area contributed by atoms with Gasteiger partial charge in [-0.25, -0.2) is 4.39 Å². The number of nitrogens with one attached hydrogen (secondary N) is 1. The van der Waals surface area contributed by atoms with E-state index in [2.05, 4.69) is 44.1 Å². The van der Waals surface area contributed by atoms with Crippen molar-refractivity contribution in [1.29, 1.82) is 0 Å². The van der Waals surface area contributed by atoms with Crippen molar-refractivity contribution in [3.63, 3.8) is 0 Å². The molecule has 0 spiro atoms. The molecule has 3 aliphatic rings. The van der Waals surface area contributed by atoms with Crippen molar-refractivity contribution in [1.82, 2.24) is 0 Å². The predicted octanol–water partition coefficient (Wildman–Crippen LogP) is 6.24. The van der Waals surface area contributed by atoms with Gasteiger partial charge >= 0.3 is 0 Å². The predicted molar refractivity (Wildman–Crippen MR) is 138 cm³/mol. The third-order valence-corrected chi connectivity index (χ3v) is 7.19. The summed E-state index contributed by atoms with van der Waals surface area (Å²) in [6.07, 6.45) is 5.98. The Labute approximate surface area is 204 Å². The van der Waals surface area contributed by atoms with Crippen LogP contribution in [0.1, 0.15) is 38.8 Å². The molecule has 5 heteroatoms. The van der Waals surface area contributed by atoms with Crippen LogP contribution in [0.15, 0.2) is 101 Å². The van der Waals surface area contributed by atoms with E-state index in [1.807, 2.05) is 42.5 Å². The Balaban J connectivity index is 1.47. The fourth-order valence-electron chi connectivity index (χ4n) is 4.91. The molecule has 0 radical (unpaired) electrons. The van der Waals surface area contributed by atoms with Gasteiger partial charge in [0, 0.05) is 33.4 Å². The van der Waals surface area contributed by atoms with Gasteiger partial charge in [0.15, 0.2) is 0 Å². The molecular formula is C30H27FN2O2. The number of aliphatic imine (C=N–C) groups is 1. The number of para-hydroxylation sites is 2. The summed E-state index contributed by atoms with van der Waals surface area (Å²) in [6.45, 7) is 8.30. The van der Waals surface area contributed by atoms with Gasteiger partial charge in [-0.05, 0) is 53.6 Å². The van der Waals surface area contributed by atoms with E-state index in [0.717, 1.165) is 33.9 Å². The molecule has 1 N–H and O–H groups in total. The van der Waals surface area contributed by atoms with E-state index >= 15 is 0 Å². The van der Waals surface area contributed by atoms with Gasteiger partial charge in [-0.2, -0.15) is 0 Å². The first-order valence-electron chi connectivity index (χ1n) is 11.7. The summed E-state index contributed by atoms with van der Waals surface area (Å²) < 4.78 is 14.7. The van der Waals surface area contributed by atoms with Gasteiger partial charge < -0.3 is 5.32 Å². The lowest BCUT2D eigenvalue weighted by atomic mass is 9.81. The topological polar surface area (TPSA) is 58.5 Å². The zero-order chi connectivity index (χ0) is 25.0. The van der Waals surface area contributed by atoms with E-state index in [1.165, 1.54) is 6.08 Å². The minimum atomic E-state index is -2.21. The number of carbonyl (C=O) groups excluding carboxylic acids is 2. The van der Waals surface area contributed by atoms with E-state index in [9.17, 15) is 14.0 Å². The molecule has 4 nitrogen and oxygen atoms in total. The average Bonchev–Trinajstić information content (AvgIpc) is 3.25. The van der Waals surface area contributed by atoms with Crippen molar-refractivity contribution in [2.45, 2.75) is 44.7 Å². The molecule has 5 rings (SSSR count). The second-order valence-corrected chi connectivity index (χ2v) is 10.2. The van der Waals surface area contributed by atoms with Crippen molar-refractivity contribution < 1.29 is 14.0 Å². The number of hydrogen-bond acceptors (Lipinski definition) is 4. The van der Waals surface area contributed by atoms with E-state index in [4.69, 9.17) is 0 Å². The summed E-state index contributed by atoms with van der Waals surface area (Å²) in [4.78, 5) is 29.8. The van der Waals surface area contributed by atoms with Crippen LogP contribution in [0.5, 0.6) is 0 Å². The normalized spacial score (nSPS) is 24.4. The van der Waals surface area contributed by atoms with Crippen LogP contribution in [0.25, 0.3) is 0 Å². The van der Waals surface area contributed by atoms with Gasteiger partial charge in [-0.15, -0.1) is 0 Å². The maximum absolute atomic E-state index is 14.7. The van der Waals surface area contributed by atoms with Crippen LogP contribution in [-0.2, 0) is 20.4 Å². The lowest BCUT2D eigenvalue weighted by molar-refractivity contribution is -0.130. The smallest absolute Gasteiger partial charge is 0.225 e. The Bertz CT molecular complexity index is 1420. The highest BCUT2D eigenvalue weighted by molar-refractivity contribution is 6.24. The molecule has 0 saturated carbocycles. The van der Waals surface area contributed by atoms with Crippen LogP contribution < -0.4 is 5.32 Å². The second kappa shape index (κ2) is 8.12. The Hall–Kier alpha value is -3.86. The van der Waals surface area contributed by atoms with Crippen molar-refractivity contribution in [3.8, 4) is 0 Å². The molecule has 1 aliphatic carbocycles. The molecule has 0 aromatic heterocycles. The summed E-state index contributed by atoms with van der Waals surface area (Å²) in [5, 5.41) is 3.38. The number of Topliss-reactive ketones (excluding diaryl/α,β-unsaturated/α-hetero) is 2. The highest BCUT2D eigenvalue weighted by Gasteiger charge is 2.37. The summed E-state index contributed by atoms with van der Waals surface area (Å²) >= 11 is 0. The molecule has 35 heavy (non-hydrogen) atoms. The van der Waals surface area contributed by atoms with E-state index in [1.54, 1.807) is 24.3 Å². The van der Waals surface area contributed by atoms with Crippen LogP contribution in [0.3, 0.4) is 0 Å². The third-order valence-electron chi connectivity index (χ3n) is 7.19. The van der Waals surface area contributed by atoms with Crippen molar-refractivity contribution in [2.24, 2.45) is 4.99 Å². The second-order valence-electron chi connectivity index (χ2n) is 10.2. The molecule has 1 atom stereocenters. The molecule has 2 aromatic rings. The Morgan fingerprint density at radius 3 is 2.26 bits per heavy atom. The number of halogens is 1. The molecule has 0 bridgehead atoms. The van der Waals surface area contributed by atoms with E-state index in [0.29, 0.717) is 0 Å². The number of hydrogen-bond donors (Lipinski definition) is 1. The van der Waals surface area contributed by atoms with Gasteiger partial charge in [-0.1, -0.05) is 64.1 Å². The minimum Gasteiger partial charge on any atom is -0.358 e. The van der Waals surface area contributed by atoms with E-state index in [-0.39, 0.29) is 22.0 Å². The van der Waals surface area contributed by atoms with Crippen molar-refractivity contribution in [2.75, 3.05) is 5.32 Å². The SMILES string of the molecule is CC1(C)C(C=CC2=CC(=CC=C3Nc4ccccc4C3(C)C)C(=O)C(F)C2=O)=Nc2ccccc21. The Morgan fingerprint density at radius 1 is 0.857 bits per heavy atom. The number of allylic oxidation sites excluding steroid dienone is 8. The molecule has 1 unspecified atom stereocenters. The number of carbonyl (C=O) groups is 2. The molecule has 2 heterocycles. The largest absolute Gasteiger partial charge is 0.358 e. The highest BCUT2D eigenvalue weighted by Crippen LogP contribution is 2.43. The number of nitrogens with zero attached hydrogens (tertiary/aromatic N) is 1. The Morgan fingerprint density at radius 2 is 1.54 bits per heavy atom. The molecule has 0 fully saturated rings. The number of alkyl halides is 1. The average molecular weight is 467 g/mol. The summed E-state index contributed by atoms with van der Waals surface area (Å²) in [7, 11) is 0. The number of anilines is 1. The zero-order valence-electron chi connectivity index (χ0n) is 20.2. The highest BCUT2D eigenvalue weighted by atomic mass is 19.1. The van der Waals surface area contributed by atoms with Crippen molar-refractivity contribution in [3.05, 3.63) is 107 Å². The first kappa shape index (κ1) is 22.9. The monoisotopic (exact) mass is 466 g/mol. The third kappa shape index (κ3) is 3.72. The van der Waals surface area contributed by atoms with Crippen LogP contribution >= 0.6 is 0 Å². The standard InChI is InChI=1S/C30H27FN2O2/c1-29(2)20-9-5-7-11-22(20)32-24(29)15-13-18-17-19(28(35)26(31)27(18)34)14-16-25-30(3,4)21-10-6-8-12-23(21)33-25/h5-17,26,32H,1-4H3. The van der Waals surface area contributed by atoms with E-state index < -0.39 is 17.7 Å². The van der Waals surface area contributed by atoms with Gasteiger partial charge in [-0.3, -0.25) is 14.6 Å². The molecule has 2 aliphatic heterocycles. The zero-order valence-corrected chi connectivity index (χ0v) is 20.2. The van der Waals surface area contributed by atoms with Crippen molar-refractivity contribution >= 4 is 28.7 Å². The maximum atomic E-state index is 14.7. The lowest BCUT2D eigenvalue weighted by Gasteiger charge is -2.21. The molecule has 0 amide bonds. The number of fused-ring (bicyclic) bond motifs is 2. The number of rotatable bonds is 3. The number of ketones is 2. The molecule has 0 saturated heterocycles. The van der Waals surface area contributed by atoms with Crippen LogP contribution in [0.4, 0.5) is 15.8 Å². The fraction of sp³-hybridized carbons (Fsp3) is 0.233. The fourth-order valence-corrected chi connectivity index (χ4v) is 4.91. The van der Waals surface area contributed by atoms with Gasteiger partial charge in [0.05, 0.1) is 11.4 Å². The van der Waals surface area contributed by atoms with Crippen LogP contribution in [-0.4, -0.2) is 23.4 Å². The first-order chi connectivity index (χ1) is 16.6. The minimum absolute atomic E-state index is 0.151. The summed E-state index contributed by atoms with van der Waals surface area (Å²) in [5.41, 5.74) is 5.51. The van der Waals surface area contributed by atoms with Gasteiger partial charge in [0.1, 0.15) is 0 Å². The lowest BCUT2D eigenvalue weighted by Crippen LogP contribution is -2.32. The van der Waals surface area contributed by atoms with Crippen LogP contribution in [0.2, 0.25) is 0 Å². The van der Waals surface area contributed by atoms with Crippen LogP contribution in [0, 0.1) is 0 Å². The molecule has 176 valence electrons. The molecular weight excluding hydrogens is 439 g/mol. The Kier molecular flexibility index (Phi) is 5.32. The van der Waals surface area contributed by atoms with Gasteiger partial charge in [0.2, 0.25) is 17.7 Å².